The molecule has 0 amide bonds. The zero-order chi connectivity index (χ0) is 19.0. The fraction of sp³-hybridized carbons (Fsp3) is 0.286. The van der Waals surface area contributed by atoms with E-state index in [1.54, 1.807) is 12.3 Å². The number of methoxy groups -OCH3 is 1. The van der Waals surface area contributed by atoms with Crippen molar-refractivity contribution in [2.75, 3.05) is 39.3 Å². The molecular weight excluding hydrogens is 347 g/mol. The van der Waals surface area contributed by atoms with Crippen LogP contribution in [0.5, 0.6) is 17.2 Å². The van der Waals surface area contributed by atoms with Crippen molar-refractivity contribution in [1.82, 2.24) is 4.98 Å². The first-order chi connectivity index (χ1) is 13.1. The number of halogens is 1. The second kappa shape index (κ2) is 6.95. The normalized spacial score (nSPS) is 13.3. The van der Waals surface area contributed by atoms with Crippen LogP contribution in [-0.2, 0) is 0 Å². The van der Waals surface area contributed by atoms with Gasteiger partial charge in [0.2, 0.25) is 0 Å². The molecule has 2 aromatic carbocycles. The van der Waals surface area contributed by atoms with E-state index in [1.807, 2.05) is 37.2 Å². The van der Waals surface area contributed by atoms with Crippen molar-refractivity contribution in [3.63, 3.8) is 0 Å². The largest absolute Gasteiger partial charge is 0.494 e. The number of hydrogen-bond acceptors (Lipinski definition) is 5. The molecule has 0 radical (unpaired) electrons. The highest BCUT2D eigenvalue weighted by Crippen LogP contribution is 2.41. The molecule has 3 aromatic rings. The van der Waals surface area contributed by atoms with Crippen molar-refractivity contribution in [3.05, 3.63) is 42.3 Å². The van der Waals surface area contributed by atoms with Gasteiger partial charge in [0.05, 0.1) is 20.3 Å². The number of ether oxygens (including phenoxy) is 3. The van der Waals surface area contributed by atoms with Crippen molar-refractivity contribution >= 4 is 16.6 Å². The van der Waals surface area contributed by atoms with E-state index >= 15 is 0 Å². The lowest BCUT2D eigenvalue weighted by Crippen LogP contribution is -2.11. The third-order valence-electron chi connectivity index (χ3n) is 4.62. The van der Waals surface area contributed by atoms with E-state index in [9.17, 15) is 4.39 Å². The Labute approximate surface area is 157 Å². The van der Waals surface area contributed by atoms with E-state index in [2.05, 4.69) is 4.98 Å². The summed E-state index contributed by atoms with van der Waals surface area (Å²) in [5.41, 5.74) is 1.55. The van der Waals surface area contributed by atoms with Crippen LogP contribution >= 0.6 is 0 Å². The van der Waals surface area contributed by atoms with Gasteiger partial charge in [-0.15, -0.1) is 0 Å². The van der Waals surface area contributed by atoms with Gasteiger partial charge in [0.15, 0.2) is 23.1 Å². The van der Waals surface area contributed by atoms with Crippen LogP contribution in [0.15, 0.2) is 36.5 Å². The smallest absolute Gasteiger partial charge is 0.165 e. The van der Waals surface area contributed by atoms with Gasteiger partial charge < -0.3 is 19.1 Å². The van der Waals surface area contributed by atoms with Crippen LogP contribution in [0.3, 0.4) is 0 Å². The van der Waals surface area contributed by atoms with Gasteiger partial charge >= 0.3 is 0 Å². The standard InChI is InChI=1S/C21H21FN2O3/c1-24(2)21-15-11-20-19(26-7-4-8-27-20)10-14(15)16(12-23-21)13-5-6-18(25-3)17(22)9-13/h5-6,9-12H,4,7-8H2,1-3H3. The van der Waals surface area contributed by atoms with Crippen molar-refractivity contribution in [3.8, 4) is 28.4 Å². The van der Waals surface area contributed by atoms with Crippen LogP contribution in [0.25, 0.3) is 21.9 Å². The molecule has 2 heterocycles. The number of rotatable bonds is 3. The molecule has 0 bridgehead atoms. The minimum absolute atomic E-state index is 0.214. The Hall–Kier alpha value is -3.02. The predicted molar refractivity (Wildman–Crippen MR) is 104 cm³/mol. The third kappa shape index (κ3) is 3.12. The minimum atomic E-state index is -0.408. The molecule has 1 aliphatic heterocycles. The van der Waals surface area contributed by atoms with E-state index in [4.69, 9.17) is 14.2 Å². The van der Waals surface area contributed by atoms with Crippen LogP contribution in [0, 0.1) is 5.82 Å². The molecule has 4 rings (SSSR count). The number of anilines is 1. The lowest BCUT2D eigenvalue weighted by molar-refractivity contribution is 0.297. The molecule has 0 unspecified atom stereocenters. The summed E-state index contributed by atoms with van der Waals surface area (Å²) in [6.45, 7) is 1.23. The maximum atomic E-state index is 14.3. The van der Waals surface area contributed by atoms with Crippen LogP contribution in [-0.4, -0.2) is 39.4 Å². The van der Waals surface area contributed by atoms with Gasteiger partial charge in [0.25, 0.3) is 0 Å². The second-order valence-electron chi connectivity index (χ2n) is 6.63. The summed E-state index contributed by atoms with van der Waals surface area (Å²) in [6.07, 6.45) is 2.60. The van der Waals surface area contributed by atoms with Crippen molar-refractivity contribution in [2.45, 2.75) is 6.42 Å². The van der Waals surface area contributed by atoms with Crippen LogP contribution in [0.4, 0.5) is 10.2 Å². The minimum Gasteiger partial charge on any atom is -0.494 e. The average molecular weight is 368 g/mol. The molecular formula is C21H21FN2O3. The second-order valence-corrected chi connectivity index (χ2v) is 6.63. The molecule has 6 heteroatoms. The summed E-state index contributed by atoms with van der Waals surface area (Å²) >= 11 is 0. The Morgan fingerprint density at radius 3 is 2.37 bits per heavy atom. The first-order valence-electron chi connectivity index (χ1n) is 8.82. The Bertz CT molecular complexity index is 1000. The molecule has 0 fully saturated rings. The lowest BCUT2D eigenvalue weighted by atomic mass is 9.99. The van der Waals surface area contributed by atoms with Crippen LogP contribution < -0.4 is 19.1 Å². The van der Waals surface area contributed by atoms with E-state index < -0.39 is 5.82 Å². The van der Waals surface area contributed by atoms with Gasteiger partial charge in [0, 0.05) is 37.7 Å². The van der Waals surface area contributed by atoms with E-state index in [-0.39, 0.29) is 5.75 Å². The number of nitrogens with zero attached hydrogens (tertiary/aromatic N) is 2. The molecule has 1 aliphatic rings. The monoisotopic (exact) mass is 368 g/mol. The number of benzene rings is 2. The van der Waals surface area contributed by atoms with Gasteiger partial charge in [-0.1, -0.05) is 6.07 Å². The summed E-state index contributed by atoms with van der Waals surface area (Å²) < 4.78 is 31.0. The molecule has 0 aliphatic carbocycles. The van der Waals surface area contributed by atoms with E-state index in [1.165, 1.54) is 13.2 Å². The molecule has 0 spiro atoms. The fourth-order valence-electron chi connectivity index (χ4n) is 3.30. The summed E-state index contributed by atoms with van der Waals surface area (Å²) in [5.74, 6) is 2.04. The maximum absolute atomic E-state index is 14.3. The molecule has 5 nitrogen and oxygen atoms in total. The summed E-state index contributed by atoms with van der Waals surface area (Å²) in [6, 6.07) is 8.84. The summed E-state index contributed by atoms with van der Waals surface area (Å²) in [4.78, 5) is 6.55. The molecule has 1 aromatic heterocycles. The zero-order valence-corrected chi connectivity index (χ0v) is 15.6. The topological polar surface area (TPSA) is 43.8 Å². The Morgan fingerprint density at radius 2 is 1.74 bits per heavy atom. The molecule has 0 saturated heterocycles. The molecule has 140 valence electrons. The number of fused-ring (bicyclic) bond motifs is 2. The van der Waals surface area contributed by atoms with Gasteiger partial charge in [-0.2, -0.15) is 0 Å². The molecule has 0 saturated carbocycles. The van der Waals surface area contributed by atoms with E-state index in [0.717, 1.165) is 34.1 Å². The number of hydrogen-bond donors (Lipinski definition) is 0. The first-order valence-corrected chi connectivity index (χ1v) is 8.82. The SMILES string of the molecule is COc1ccc(-c2cnc(N(C)C)c3cc4c(cc23)OCCCO4)cc1F. The molecule has 0 N–H and O–H groups in total. The number of pyridine rings is 1. The quantitative estimate of drug-likeness (QED) is 0.690. The Kier molecular flexibility index (Phi) is 4.48. The van der Waals surface area contributed by atoms with E-state index in [0.29, 0.717) is 24.7 Å². The van der Waals surface area contributed by atoms with Crippen molar-refractivity contribution in [1.29, 1.82) is 0 Å². The highest BCUT2D eigenvalue weighted by atomic mass is 19.1. The van der Waals surface area contributed by atoms with Gasteiger partial charge in [-0.25, -0.2) is 9.37 Å². The third-order valence-corrected chi connectivity index (χ3v) is 4.62. The molecule has 0 atom stereocenters. The maximum Gasteiger partial charge on any atom is 0.165 e. The van der Waals surface area contributed by atoms with Crippen LogP contribution in [0.1, 0.15) is 6.42 Å². The Balaban J connectivity index is 1.97. The lowest BCUT2D eigenvalue weighted by Gasteiger charge is -2.18. The predicted octanol–water partition coefficient (Wildman–Crippen LogP) is 4.28. The summed E-state index contributed by atoms with van der Waals surface area (Å²) in [5, 5.41) is 1.86. The fourth-order valence-corrected chi connectivity index (χ4v) is 3.30. The summed E-state index contributed by atoms with van der Waals surface area (Å²) in [7, 11) is 5.34. The first kappa shape index (κ1) is 17.4. The molecule has 27 heavy (non-hydrogen) atoms. The van der Waals surface area contributed by atoms with Gasteiger partial charge in [-0.05, 0) is 35.2 Å². The van der Waals surface area contributed by atoms with Crippen molar-refractivity contribution in [2.24, 2.45) is 0 Å². The average Bonchev–Trinajstić information content (AvgIpc) is 2.90. The van der Waals surface area contributed by atoms with Crippen molar-refractivity contribution < 1.29 is 18.6 Å². The van der Waals surface area contributed by atoms with Gasteiger partial charge in [-0.3, -0.25) is 0 Å². The number of aromatic nitrogens is 1. The Morgan fingerprint density at radius 1 is 1.04 bits per heavy atom. The zero-order valence-electron chi connectivity index (χ0n) is 15.6. The highest BCUT2D eigenvalue weighted by Gasteiger charge is 2.18. The highest BCUT2D eigenvalue weighted by molar-refractivity contribution is 6.03. The van der Waals surface area contributed by atoms with Crippen LogP contribution in [0.2, 0.25) is 0 Å². The van der Waals surface area contributed by atoms with Gasteiger partial charge in [0.1, 0.15) is 5.82 Å².